The average molecular weight is 496 g/mol. The van der Waals surface area contributed by atoms with E-state index in [1.54, 1.807) is 55.2 Å². The van der Waals surface area contributed by atoms with Crippen LogP contribution in [0.2, 0.25) is 0 Å². The fourth-order valence-electron chi connectivity index (χ4n) is 3.77. The van der Waals surface area contributed by atoms with E-state index in [0.717, 1.165) is 22.9 Å². The fraction of sp³-hybridized carbons (Fsp3) is 0.200. The predicted molar refractivity (Wildman–Crippen MR) is 134 cm³/mol. The molecule has 11 heteroatoms. The number of anilines is 2. The number of nitrogens with one attached hydrogen (secondary N) is 2. The van der Waals surface area contributed by atoms with Crippen LogP contribution >= 0.6 is 0 Å². The number of allylic oxidation sites excluding steroid dienone is 5. The van der Waals surface area contributed by atoms with Gasteiger partial charge in [0.15, 0.2) is 5.69 Å². The number of hydrogen-bond donors (Lipinski definition) is 2. The van der Waals surface area contributed by atoms with Gasteiger partial charge in [-0.2, -0.15) is 23.4 Å². The summed E-state index contributed by atoms with van der Waals surface area (Å²) < 4.78 is 42.8. The molecule has 2 amide bonds. The third-order valence-electron chi connectivity index (χ3n) is 5.45. The zero-order valence-electron chi connectivity index (χ0n) is 19.7. The van der Waals surface area contributed by atoms with Crippen LogP contribution in [-0.4, -0.2) is 38.9 Å². The molecule has 1 aromatic carbocycles. The van der Waals surface area contributed by atoms with Crippen LogP contribution in [0.25, 0.3) is 17.0 Å². The first kappa shape index (κ1) is 24.7. The lowest BCUT2D eigenvalue weighted by Crippen LogP contribution is -2.23. The van der Waals surface area contributed by atoms with Crippen molar-refractivity contribution in [3.63, 3.8) is 0 Å². The Morgan fingerprint density at radius 2 is 1.92 bits per heavy atom. The van der Waals surface area contributed by atoms with E-state index in [-0.39, 0.29) is 5.82 Å². The van der Waals surface area contributed by atoms with Crippen molar-refractivity contribution in [1.29, 1.82) is 0 Å². The maximum Gasteiger partial charge on any atom is 0.435 e. The minimum Gasteiger partial charge on any atom is -0.296 e. The van der Waals surface area contributed by atoms with Gasteiger partial charge in [-0.15, -0.1) is 0 Å². The first-order valence-corrected chi connectivity index (χ1v) is 11.1. The van der Waals surface area contributed by atoms with Gasteiger partial charge in [0.1, 0.15) is 11.6 Å². The number of nitrogens with zero attached hydrogens (tertiary/aromatic N) is 5. The Kier molecular flexibility index (Phi) is 6.91. The summed E-state index contributed by atoms with van der Waals surface area (Å²) in [6.45, 7) is 5.76. The van der Waals surface area contributed by atoms with Crippen molar-refractivity contribution in [1.82, 2.24) is 19.6 Å². The standard InChI is InChI=1S/C25H24F3N7O/c1-16(15-29-3)22-17(2)23(35(33-22)19-12-8-5-9-13-19)31-24(36)30-21-14-20(25(26,27)28)32-34(21)18-10-6-4-7-11-18/h4-8,10-12,14-15H,1,9,13H2,2-3H3,(H2,30,31,36). The van der Waals surface area contributed by atoms with E-state index in [0.29, 0.717) is 34.8 Å². The molecule has 0 bridgehead atoms. The molecule has 186 valence electrons. The minimum atomic E-state index is -4.68. The highest BCUT2D eigenvalue weighted by molar-refractivity contribution is 6.09. The van der Waals surface area contributed by atoms with Crippen LogP contribution in [0, 0.1) is 6.92 Å². The normalized spacial score (nSPS) is 13.6. The van der Waals surface area contributed by atoms with Crippen LogP contribution in [0.4, 0.5) is 29.6 Å². The summed E-state index contributed by atoms with van der Waals surface area (Å²) in [4.78, 5) is 17.0. The van der Waals surface area contributed by atoms with Gasteiger partial charge in [0, 0.05) is 36.2 Å². The molecule has 0 unspecified atom stereocenters. The summed E-state index contributed by atoms with van der Waals surface area (Å²) in [5.74, 6) is 0.230. The van der Waals surface area contributed by atoms with Crippen molar-refractivity contribution >= 4 is 35.2 Å². The topological polar surface area (TPSA) is 89.1 Å². The van der Waals surface area contributed by atoms with Gasteiger partial charge >= 0.3 is 12.2 Å². The number of halogens is 3. The lowest BCUT2D eigenvalue weighted by molar-refractivity contribution is -0.141. The van der Waals surface area contributed by atoms with E-state index >= 15 is 0 Å². The maximum absolute atomic E-state index is 13.4. The number of benzene rings is 1. The number of para-hydroxylation sites is 1. The quantitative estimate of drug-likeness (QED) is 0.415. The Morgan fingerprint density at radius 3 is 2.56 bits per heavy atom. The first-order valence-electron chi connectivity index (χ1n) is 11.1. The fourth-order valence-corrected chi connectivity index (χ4v) is 3.77. The van der Waals surface area contributed by atoms with Crippen molar-refractivity contribution < 1.29 is 18.0 Å². The van der Waals surface area contributed by atoms with Crippen LogP contribution in [0.3, 0.4) is 0 Å². The van der Waals surface area contributed by atoms with Gasteiger partial charge < -0.3 is 0 Å². The predicted octanol–water partition coefficient (Wildman–Crippen LogP) is 5.94. The van der Waals surface area contributed by atoms with Gasteiger partial charge in [-0.25, -0.2) is 14.2 Å². The molecule has 0 atom stereocenters. The molecule has 0 aliphatic heterocycles. The Labute approximate surface area is 205 Å². The summed E-state index contributed by atoms with van der Waals surface area (Å²) >= 11 is 0. The lowest BCUT2D eigenvalue weighted by Gasteiger charge is -2.15. The third kappa shape index (κ3) is 5.14. The van der Waals surface area contributed by atoms with Crippen LogP contribution in [0.5, 0.6) is 0 Å². The molecule has 2 N–H and O–H groups in total. The van der Waals surface area contributed by atoms with E-state index in [1.165, 1.54) is 0 Å². The number of aromatic nitrogens is 4. The highest BCUT2D eigenvalue weighted by atomic mass is 19.4. The molecule has 36 heavy (non-hydrogen) atoms. The largest absolute Gasteiger partial charge is 0.435 e. The highest BCUT2D eigenvalue weighted by Gasteiger charge is 2.35. The van der Waals surface area contributed by atoms with E-state index in [4.69, 9.17) is 0 Å². The second-order valence-corrected chi connectivity index (χ2v) is 8.01. The Hall–Kier alpha value is -4.41. The minimum absolute atomic E-state index is 0.141. The molecule has 0 radical (unpaired) electrons. The number of hydrogen-bond acceptors (Lipinski definition) is 4. The van der Waals surface area contributed by atoms with Crippen molar-refractivity contribution in [2.45, 2.75) is 25.9 Å². The molecule has 2 aromatic heterocycles. The van der Waals surface area contributed by atoms with Crippen molar-refractivity contribution in [3.05, 3.63) is 78.2 Å². The lowest BCUT2D eigenvalue weighted by atomic mass is 10.1. The zero-order valence-corrected chi connectivity index (χ0v) is 19.7. The van der Waals surface area contributed by atoms with Crippen LogP contribution in [0.1, 0.15) is 29.8 Å². The van der Waals surface area contributed by atoms with Crippen molar-refractivity contribution in [3.8, 4) is 5.69 Å². The molecule has 1 aliphatic rings. The molecule has 1 aliphatic carbocycles. The summed E-state index contributed by atoms with van der Waals surface area (Å²) in [7, 11) is 1.61. The number of urea groups is 1. The van der Waals surface area contributed by atoms with Crippen LogP contribution < -0.4 is 10.6 Å². The summed E-state index contributed by atoms with van der Waals surface area (Å²) in [5.41, 5.74) is 1.82. The van der Waals surface area contributed by atoms with Gasteiger partial charge in [0.2, 0.25) is 0 Å². The summed E-state index contributed by atoms with van der Waals surface area (Å²) in [5, 5.41) is 13.5. The summed E-state index contributed by atoms with van der Waals surface area (Å²) in [6.07, 6.45) is 4.19. The smallest absolute Gasteiger partial charge is 0.296 e. The SMILES string of the molecule is C=C(C=NC)c1nn(C2=CC=CCC2)c(NC(=O)Nc2cc(C(F)(F)F)nn2-c2ccccc2)c1C. The van der Waals surface area contributed by atoms with Crippen LogP contribution in [-0.2, 0) is 6.18 Å². The van der Waals surface area contributed by atoms with Crippen molar-refractivity contribution in [2.75, 3.05) is 17.7 Å². The van der Waals surface area contributed by atoms with Gasteiger partial charge in [-0.05, 0) is 38.0 Å². The molecule has 0 saturated carbocycles. The molecule has 8 nitrogen and oxygen atoms in total. The first-order chi connectivity index (χ1) is 17.2. The van der Waals surface area contributed by atoms with E-state index in [1.807, 2.05) is 18.2 Å². The molecule has 4 rings (SSSR count). The second kappa shape index (κ2) is 10.1. The Balaban J connectivity index is 1.69. The summed E-state index contributed by atoms with van der Waals surface area (Å²) in [6, 6.07) is 8.27. The number of rotatable bonds is 6. The van der Waals surface area contributed by atoms with E-state index in [9.17, 15) is 18.0 Å². The molecular weight excluding hydrogens is 471 g/mol. The number of carbonyl (C=O) groups excluding carboxylic acids is 1. The van der Waals surface area contributed by atoms with Gasteiger partial charge in [-0.1, -0.05) is 36.9 Å². The highest BCUT2D eigenvalue weighted by Crippen LogP contribution is 2.32. The molecule has 0 fully saturated rings. The number of carbonyl (C=O) groups is 1. The number of amides is 2. The molecule has 3 aromatic rings. The van der Waals surface area contributed by atoms with Crippen LogP contribution in [0.15, 0.2) is 66.2 Å². The van der Waals surface area contributed by atoms with E-state index < -0.39 is 17.9 Å². The monoisotopic (exact) mass is 495 g/mol. The zero-order chi connectivity index (χ0) is 25.9. The average Bonchev–Trinajstić information content (AvgIpc) is 3.42. The van der Waals surface area contributed by atoms with Gasteiger partial charge in [0.05, 0.1) is 11.4 Å². The maximum atomic E-state index is 13.4. The Bertz CT molecular complexity index is 1380. The second-order valence-electron chi connectivity index (χ2n) is 8.01. The molecule has 0 spiro atoms. The molecule has 2 heterocycles. The molecule has 0 saturated heterocycles. The van der Waals surface area contributed by atoms with Crippen molar-refractivity contribution in [2.24, 2.45) is 4.99 Å². The number of aliphatic imine (C=N–C) groups is 1. The van der Waals surface area contributed by atoms with E-state index in [2.05, 4.69) is 32.4 Å². The number of alkyl halides is 3. The van der Waals surface area contributed by atoms with Gasteiger partial charge in [-0.3, -0.25) is 15.6 Å². The molecular formula is C25H24F3N7O. The van der Waals surface area contributed by atoms with Gasteiger partial charge in [0.25, 0.3) is 0 Å². The Morgan fingerprint density at radius 1 is 1.17 bits per heavy atom. The third-order valence-corrected chi connectivity index (χ3v) is 5.45.